The minimum absolute atomic E-state index is 0.477. The van der Waals surface area contributed by atoms with Crippen molar-refractivity contribution in [3.63, 3.8) is 0 Å². The Bertz CT molecular complexity index is 189. The molecule has 3 N–H and O–H groups in total. The SMILES string of the molecule is CCC(C)CC(NN)C1CCCC1(C)C. The summed E-state index contributed by atoms with van der Waals surface area (Å²) in [5.41, 5.74) is 3.54. The minimum Gasteiger partial charge on any atom is -0.271 e. The smallest absolute Gasteiger partial charge is 0.0246 e. The Labute approximate surface area is 95.0 Å². The van der Waals surface area contributed by atoms with Crippen LogP contribution in [0.25, 0.3) is 0 Å². The summed E-state index contributed by atoms with van der Waals surface area (Å²) in [6.07, 6.45) is 6.55. The van der Waals surface area contributed by atoms with E-state index in [4.69, 9.17) is 5.84 Å². The molecule has 0 aromatic rings. The molecule has 3 unspecified atom stereocenters. The molecule has 1 aliphatic rings. The summed E-state index contributed by atoms with van der Waals surface area (Å²) in [5.74, 6) is 7.27. The predicted molar refractivity (Wildman–Crippen MR) is 66.3 cm³/mol. The Hall–Kier alpha value is -0.0800. The van der Waals surface area contributed by atoms with Gasteiger partial charge in [-0.3, -0.25) is 11.3 Å². The molecule has 0 saturated heterocycles. The van der Waals surface area contributed by atoms with Gasteiger partial charge in [-0.2, -0.15) is 0 Å². The van der Waals surface area contributed by atoms with Crippen LogP contribution < -0.4 is 11.3 Å². The van der Waals surface area contributed by atoms with Gasteiger partial charge in [-0.05, 0) is 36.5 Å². The number of hydrogen-bond donors (Lipinski definition) is 2. The molecule has 0 heterocycles. The van der Waals surface area contributed by atoms with Crippen LogP contribution in [-0.4, -0.2) is 6.04 Å². The molecule has 3 atom stereocenters. The Morgan fingerprint density at radius 2 is 2.13 bits per heavy atom. The van der Waals surface area contributed by atoms with Gasteiger partial charge in [-0.25, -0.2) is 0 Å². The van der Waals surface area contributed by atoms with E-state index in [1.165, 1.54) is 32.1 Å². The molecule has 0 amide bonds. The summed E-state index contributed by atoms with van der Waals surface area (Å²) in [7, 11) is 0. The minimum atomic E-state index is 0.477. The second kappa shape index (κ2) is 5.31. The van der Waals surface area contributed by atoms with E-state index >= 15 is 0 Å². The number of nitrogens with two attached hydrogens (primary N) is 1. The molecule has 15 heavy (non-hydrogen) atoms. The molecular weight excluding hydrogens is 184 g/mol. The summed E-state index contributed by atoms with van der Waals surface area (Å²) in [6.45, 7) is 9.38. The first-order valence-corrected chi connectivity index (χ1v) is 6.47. The molecule has 90 valence electrons. The van der Waals surface area contributed by atoms with Crippen LogP contribution in [0.5, 0.6) is 0 Å². The first-order valence-electron chi connectivity index (χ1n) is 6.47. The van der Waals surface area contributed by atoms with Crippen molar-refractivity contribution in [1.82, 2.24) is 5.43 Å². The van der Waals surface area contributed by atoms with Gasteiger partial charge >= 0.3 is 0 Å². The maximum absolute atomic E-state index is 5.73. The van der Waals surface area contributed by atoms with E-state index in [0.29, 0.717) is 11.5 Å². The lowest BCUT2D eigenvalue weighted by atomic mass is 9.75. The van der Waals surface area contributed by atoms with Crippen molar-refractivity contribution in [2.24, 2.45) is 23.1 Å². The van der Waals surface area contributed by atoms with Gasteiger partial charge < -0.3 is 0 Å². The second-order valence-electron chi connectivity index (χ2n) is 6.01. The first-order chi connectivity index (χ1) is 7.01. The second-order valence-corrected chi connectivity index (χ2v) is 6.01. The number of nitrogens with one attached hydrogen (secondary N) is 1. The number of rotatable bonds is 5. The molecule has 2 nitrogen and oxygen atoms in total. The van der Waals surface area contributed by atoms with Crippen LogP contribution in [0.1, 0.15) is 59.8 Å². The molecular formula is C13H28N2. The zero-order valence-corrected chi connectivity index (χ0v) is 10.8. The van der Waals surface area contributed by atoms with Crippen molar-refractivity contribution in [1.29, 1.82) is 0 Å². The van der Waals surface area contributed by atoms with Crippen LogP contribution in [0.2, 0.25) is 0 Å². The van der Waals surface area contributed by atoms with Gasteiger partial charge in [0.1, 0.15) is 0 Å². The largest absolute Gasteiger partial charge is 0.271 e. The van der Waals surface area contributed by atoms with E-state index in [0.717, 1.165) is 11.8 Å². The lowest BCUT2D eigenvalue weighted by molar-refractivity contribution is 0.177. The highest BCUT2D eigenvalue weighted by Gasteiger charge is 2.39. The lowest BCUT2D eigenvalue weighted by Crippen LogP contribution is -2.45. The fraction of sp³-hybridized carbons (Fsp3) is 1.00. The molecule has 1 fully saturated rings. The third kappa shape index (κ3) is 3.18. The molecule has 1 saturated carbocycles. The van der Waals surface area contributed by atoms with Crippen LogP contribution >= 0.6 is 0 Å². The van der Waals surface area contributed by atoms with Crippen molar-refractivity contribution in [3.05, 3.63) is 0 Å². The molecule has 0 bridgehead atoms. The monoisotopic (exact) mass is 212 g/mol. The summed E-state index contributed by atoms with van der Waals surface area (Å²) >= 11 is 0. The average molecular weight is 212 g/mol. The van der Waals surface area contributed by atoms with Crippen molar-refractivity contribution in [2.45, 2.75) is 65.8 Å². The van der Waals surface area contributed by atoms with Gasteiger partial charge in [0.05, 0.1) is 0 Å². The molecule has 0 aliphatic heterocycles. The Morgan fingerprint density at radius 3 is 2.53 bits per heavy atom. The van der Waals surface area contributed by atoms with Crippen molar-refractivity contribution in [3.8, 4) is 0 Å². The molecule has 0 radical (unpaired) electrons. The fourth-order valence-electron chi connectivity index (χ4n) is 3.05. The predicted octanol–water partition coefficient (Wildman–Crippen LogP) is 3.08. The quantitative estimate of drug-likeness (QED) is 0.543. The Kier molecular flexibility index (Phi) is 4.60. The normalized spacial score (nSPS) is 29.0. The van der Waals surface area contributed by atoms with E-state index in [1.807, 2.05) is 0 Å². The van der Waals surface area contributed by atoms with Crippen LogP contribution in [0.3, 0.4) is 0 Å². The summed E-state index contributed by atoms with van der Waals surface area (Å²) in [5, 5.41) is 0. The zero-order valence-electron chi connectivity index (χ0n) is 10.8. The van der Waals surface area contributed by atoms with E-state index < -0.39 is 0 Å². The third-order valence-corrected chi connectivity index (χ3v) is 4.39. The Balaban J connectivity index is 2.58. The number of hydrogen-bond acceptors (Lipinski definition) is 2. The summed E-state index contributed by atoms with van der Waals surface area (Å²) < 4.78 is 0. The van der Waals surface area contributed by atoms with Crippen LogP contribution in [0, 0.1) is 17.3 Å². The number of hydrazine groups is 1. The van der Waals surface area contributed by atoms with Crippen molar-refractivity contribution < 1.29 is 0 Å². The van der Waals surface area contributed by atoms with Crippen LogP contribution in [-0.2, 0) is 0 Å². The van der Waals surface area contributed by atoms with Gasteiger partial charge in [0.25, 0.3) is 0 Å². The van der Waals surface area contributed by atoms with E-state index in [-0.39, 0.29) is 0 Å². The first kappa shape index (κ1) is 13.0. The van der Waals surface area contributed by atoms with Gasteiger partial charge in [-0.15, -0.1) is 0 Å². The standard InChI is InChI=1S/C13H28N2/c1-5-10(2)9-12(15-14)11-7-6-8-13(11,3)4/h10-12,15H,5-9,14H2,1-4H3. The summed E-state index contributed by atoms with van der Waals surface area (Å²) in [4.78, 5) is 0. The zero-order chi connectivity index (χ0) is 11.5. The topological polar surface area (TPSA) is 38.0 Å². The van der Waals surface area contributed by atoms with E-state index in [2.05, 4.69) is 33.1 Å². The lowest BCUT2D eigenvalue weighted by Gasteiger charge is -2.35. The highest BCUT2D eigenvalue weighted by atomic mass is 15.2. The van der Waals surface area contributed by atoms with Crippen LogP contribution in [0.15, 0.2) is 0 Å². The van der Waals surface area contributed by atoms with Crippen LogP contribution in [0.4, 0.5) is 0 Å². The molecule has 1 aliphatic carbocycles. The highest BCUT2D eigenvalue weighted by Crippen LogP contribution is 2.45. The molecule has 0 aromatic heterocycles. The van der Waals surface area contributed by atoms with Gasteiger partial charge in [0.15, 0.2) is 0 Å². The van der Waals surface area contributed by atoms with Crippen molar-refractivity contribution >= 4 is 0 Å². The summed E-state index contributed by atoms with van der Waals surface area (Å²) in [6, 6.07) is 0.512. The molecule has 2 heteroatoms. The highest BCUT2D eigenvalue weighted by molar-refractivity contribution is 4.91. The fourth-order valence-corrected chi connectivity index (χ4v) is 3.05. The average Bonchev–Trinajstić information content (AvgIpc) is 2.54. The van der Waals surface area contributed by atoms with Gasteiger partial charge in [0, 0.05) is 6.04 Å². The van der Waals surface area contributed by atoms with Gasteiger partial charge in [-0.1, -0.05) is 40.5 Å². The van der Waals surface area contributed by atoms with Gasteiger partial charge in [0.2, 0.25) is 0 Å². The van der Waals surface area contributed by atoms with E-state index in [1.54, 1.807) is 0 Å². The van der Waals surface area contributed by atoms with E-state index in [9.17, 15) is 0 Å². The maximum Gasteiger partial charge on any atom is 0.0246 e. The molecule has 1 rings (SSSR count). The molecule has 0 aromatic carbocycles. The third-order valence-electron chi connectivity index (χ3n) is 4.39. The van der Waals surface area contributed by atoms with Crippen molar-refractivity contribution in [2.75, 3.05) is 0 Å². The maximum atomic E-state index is 5.73. The molecule has 0 spiro atoms. The Morgan fingerprint density at radius 1 is 1.47 bits per heavy atom.